The molecule has 3 aliphatic rings. The minimum Gasteiger partial charge on any atom is -0.497 e. The van der Waals surface area contributed by atoms with Gasteiger partial charge < -0.3 is 9.84 Å². The highest BCUT2D eigenvalue weighted by Crippen LogP contribution is 2.66. The number of rotatable bonds is 6. The number of thioether (sulfide) groups is 1. The number of amides is 2. The van der Waals surface area contributed by atoms with Crippen LogP contribution < -0.4 is 4.74 Å². The molecule has 3 fully saturated rings. The number of ether oxygens (including phenoxy) is 1. The molecule has 1 heterocycles. The van der Waals surface area contributed by atoms with Gasteiger partial charge >= 0.3 is 0 Å². The van der Waals surface area contributed by atoms with Crippen molar-refractivity contribution in [3.63, 3.8) is 0 Å². The van der Waals surface area contributed by atoms with Crippen LogP contribution in [0.5, 0.6) is 5.75 Å². The van der Waals surface area contributed by atoms with E-state index in [4.69, 9.17) is 4.74 Å². The molecule has 2 saturated carbocycles. The van der Waals surface area contributed by atoms with E-state index in [1.165, 1.54) is 4.90 Å². The maximum Gasteiger partial charge on any atom is 0.243 e. The number of carbonyl (C=O) groups is 2. The lowest BCUT2D eigenvalue weighted by atomic mass is 9.70. The van der Waals surface area contributed by atoms with E-state index in [1.54, 1.807) is 18.9 Å². The third-order valence-electron chi connectivity index (χ3n) is 7.63. The minimum absolute atomic E-state index is 0.0911. The van der Waals surface area contributed by atoms with Gasteiger partial charge in [-0.25, -0.2) is 0 Å². The van der Waals surface area contributed by atoms with Crippen molar-refractivity contribution in [1.29, 1.82) is 0 Å². The summed E-state index contributed by atoms with van der Waals surface area (Å²) in [5.74, 6) is 1.87. The highest BCUT2D eigenvalue weighted by Gasteiger charge is 2.63. The number of aliphatic hydroxyl groups excluding tert-OH is 1. The van der Waals surface area contributed by atoms with Gasteiger partial charge in [-0.3, -0.25) is 14.5 Å². The topological polar surface area (TPSA) is 66.8 Å². The van der Waals surface area contributed by atoms with Crippen LogP contribution in [0, 0.1) is 16.7 Å². The zero-order valence-corrected chi connectivity index (χ0v) is 17.6. The first-order valence-corrected chi connectivity index (χ1v) is 11.1. The number of aliphatic hydroxyl groups is 1. The fourth-order valence-corrected chi connectivity index (χ4v) is 7.23. The highest BCUT2D eigenvalue weighted by molar-refractivity contribution is 8.00. The predicted octanol–water partition coefficient (Wildman–Crippen LogP) is 3.24. The van der Waals surface area contributed by atoms with E-state index < -0.39 is 0 Å². The van der Waals surface area contributed by atoms with Gasteiger partial charge in [-0.1, -0.05) is 26.0 Å². The fraction of sp³-hybridized carbons (Fsp3) is 0.636. The Morgan fingerprint density at radius 2 is 1.96 bits per heavy atom. The number of fused-ring (bicyclic) bond motifs is 2. The Kier molecular flexibility index (Phi) is 4.99. The molecule has 1 aromatic carbocycles. The van der Waals surface area contributed by atoms with Gasteiger partial charge in [0.25, 0.3) is 0 Å². The maximum absolute atomic E-state index is 12.9. The van der Waals surface area contributed by atoms with E-state index >= 15 is 0 Å². The Morgan fingerprint density at radius 1 is 1.25 bits per heavy atom. The van der Waals surface area contributed by atoms with Gasteiger partial charge in [0.2, 0.25) is 11.8 Å². The minimum atomic E-state index is -0.331. The quantitative estimate of drug-likeness (QED) is 0.739. The number of hydrogen-bond acceptors (Lipinski definition) is 5. The second kappa shape index (κ2) is 7.06. The lowest BCUT2D eigenvalue weighted by Crippen LogP contribution is -2.41. The summed E-state index contributed by atoms with van der Waals surface area (Å²) in [6, 6.07) is 7.45. The summed E-state index contributed by atoms with van der Waals surface area (Å²) in [6.07, 6.45) is 3.01. The van der Waals surface area contributed by atoms with E-state index in [0.717, 1.165) is 36.3 Å². The fourth-order valence-electron chi connectivity index (χ4n) is 5.49. The molecule has 4 atom stereocenters. The number of hydrogen-bond donors (Lipinski definition) is 1. The molecule has 5 nitrogen and oxygen atoms in total. The Labute approximate surface area is 170 Å². The summed E-state index contributed by atoms with van der Waals surface area (Å²) < 4.78 is 5.16. The van der Waals surface area contributed by atoms with E-state index in [9.17, 15) is 14.7 Å². The maximum atomic E-state index is 12.9. The molecule has 4 rings (SSSR count). The van der Waals surface area contributed by atoms with Crippen LogP contribution in [0.15, 0.2) is 24.3 Å². The number of imide groups is 1. The van der Waals surface area contributed by atoms with Crippen LogP contribution in [0.25, 0.3) is 0 Å². The largest absolute Gasteiger partial charge is 0.497 e. The summed E-state index contributed by atoms with van der Waals surface area (Å²) >= 11 is 1.58. The Morgan fingerprint density at radius 3 is 2.54 bits per heavy atom. The van der Waals surface area contributed by atoms with Crippen molar-refractivity contribution in [1.82, 2.24) is 4.90 Å². The molecule has 152 valence electrons. The molecular weight excluding hydrogens is 374 g/mol. The zero-order valence-electron chi connectivity index (χ0n) is 16.8. The van der Waals surface area contributed by atoms with Gasteiger partial charge in [-0.15, -0.1) is 11.8 Å². The molecule has 1 aromatic rings. The van der Waals surface area contributed by atoms with Crippen LogP contribution >= 0.6 is 11.8 Å². The summed E-state index contributed by atoms with van der Waals surface area (Å²) in [5, 5.41) is 10.4. The predicted molar refractivity (Wildman–Crippen MR) is 109 cm³/mol. The smallest absolute Gasteiger partial charge is 0.243 e. The van der Waals surface area contributed by atoms with Gasteiger partial charge in [0.1, 0.15) is 5.75 Å². The van der Waals surface area contributed by atoms with Crippen molar-refractivity contribution in [2.24, 2.45) is 16.7 Å². The van der Waals surface area contributed by atoms with E-state index in [1.807, 2.05) is 24.3 Å². The third-order valence-corrected chi connectivity index (χ3v) is 9.09. The van der Waals surface area contributed by atoms with Gasteiger partial charge in [0, 0.05) is 17.6 Å². The van der Waals surface area contributed by atoms with Crippen LogP contribution in [0.1, 0.15) is 45.1 Å². The van der Waals surface area contributed by atoms with Crippen molar-refractivity contribution in [2.75, 3.05) is 12.9 Å². The number of nitrogens with zero attached hydrogens (tertiary/aromatic N) is 1. The van der Waals surface area contributed by atoms with Crippen LogP contribution in [-0.4, -0.2) is 46.0 Å². The van der Waals surface area contributed by atoms with Crippen LogP contribution in [0.3, 0.4) is 0 Å². The second-order valence-corrected chi connectivity index (χ2v) is 10.2. The average Bonchev–Trinajstić information content (AvgIpc) is 3.16. The summed E-state index contributed by atoms with van der Waals surface area (Å²) in [6.45, 7) is 4.83. The van der Waals surface area contributed by atoms with Gasteiger partial charge in [-0.2, -0.15) is 0 Å². The zero-order chi connectivity index (χ0) is 20.1. The number of carbonyl (C=O) groups excluding carboxylic acids is 2. The van der Waals surface area contributed by atoms with Crippen molar-refractivity contribution in [3.05, 3.63) is 29.8 Å². The third kappa shape index (κ3) is 2.96. The van der Waals surface area contributed by atoms with E-state index in [-0.39, 0.29) is 40.4 Å². The van der Waals surface area contributed by atoms with Crippen molar-refractivity contribution < 1.29 is 19.4 Å². The lowest BCUT2D eigenvalue weighted by Gasteiger charge is -2.40. The lowest BCUT2D eigenvalue weighted by molar-refractivity contribution is -0.138. The number of benzene rings is 1. The van der Waals surface area contributed by atoms with Crippen LogP contribution in [0.2, 0.25) is 0 Å². The Bertz CT molecular complexity index is 777. The molecule has 6 heteroatoms. The molecular formula is C22H29NO4S. The summed E-state index contributed by atoms with van der Waals surface area (Å²) in [4.78, 5) is 26.8. The van der Waals surface area contributed by atoms with Gasteiger partial charge in [-0.05, 0) is 48.3 Å². The number of likely N-dealkylation sites (tertiary alicyclic amines) is 1. The van der Waals surface area contributed by atoms with Crippen LogP contribution in [-0.2, 0) is 16.1 Å². The normalized spacial score (nSPS) is 33.7. The summed E-state index contributed by atoms with van der Waals surface area (Å²) in [7, 11) is 1.61. The second-order valence-electron chi connectivity index (χ2n) is 9.03. The van der Waals surface area contributed by atoms with E-state index in [2.05, 4.69) is 13.8 Å². The van der Waals surface area contributed by atoms with Crippen LogP contribution in [0.4, 0.5) is 0 Å². The average molecular weight is 404 g/mol. The van der Waals surface area contributed by atoms with Crippen molar-refractivity contribution in [3.8, 4) is 5.75 Å². The van der Waals surface area contributed by atoms with Crippen molar-refractivity contribution >= 4 is 23.6 Å². The molecule has 28 heavy (non-hydrogen) atoms. The summed E-state index contributed by atoms with van der Waals surface area (Å²) in [5.41, 5.74) is 0.876. The van der Waals surface area contributed by atoms with E-state index in [0.29, 0.717) is 12.5 Å². The Balaban J connectivity index is 1.41. The standard InChI is InChI=1S/C22H29NO4S/c1-21(2)15-8-9-22(21,18(24)10-15)13-28-17-11-19(25)23(20(17)26)12-14-4-6-16(27-3)7-5-14/h4-7,15,17-18,24H,8-13H2,1-3H3/t15-,17?,18-,22-/m1/s1. The number of methoxy groups -OCH3 is 1. The molecule has 1 unspecified atom stereocenters. The molecule has 2 amide bonds. The molecule has 1 saturated heterocycles. The first-order valence-electron chi connectivity index (χ1n) is 10.1. The molecule has 0 spiro atoms. The first-order chi connectivity index (χ1) is 13.3. The molecule has 1 aliphatic heterocycles. The Hall–Kier alpha value is -1.53. The SMILES string of the molecule is COc1ccc(CN2C(=O)CC(SC[C@]34CC[C@H](C[C@H]3O)C4(C)C)C2=O)cc1. The van der Waals surface area contributed by atoms with Crippen molar-refractivity contribution in [2.45, 2.75) is 57.4 Å². The molecule has 1 N–H and O–H groups in total. The molecule has 2 aliphatic carbocycles. The molecule has 0 aromatic heterocycles. The van der Waals surface area contributed by atoms with Gasteiger partial charge in [0.05, 0.1) is 25.0 Å². The highest BCUT2D eigenvalue weighted by atomic mass is 32.2. The first kappa shape index (κ1) is 19.8. The monoisotopic (exact) mass is 403 g/mol. The molecule has 0 radical (unpaired) electrons. The molecule has 2 bridgehead atoms. The van der Waals surface area contributed by atoms with Gasteiger partial charge in [0.15, 0.2) is 0 Å².